The Morgan fingerprint density at radius 3 is 2.47 bits per heavy atom. The Balaban J connectivity index is 3.14. The quantitative estimate of drug-likeness (QED) is 0.789. The number of nitrogens with zero attached hydrogens (tertiary/aromatic N) is 2. The van der Waals surface area contributed by atoms with Crippen LogP contribution in [0.2, 0.25) is 0 Å². The van der Waals surface area contributed by atoms with E-state index in [1.54, 1.807) is 20.8 Å². The van der Waals surface area contributed by atoms with Crippen LogP contribution < -0.4 is 0 Å². The average Bonchev–Trinajstić information content (AvgIpc) is 2.57. The zero-order chi connectivity index (χ0) is 13.2. The first-order chi connectivity index (χ1) is 7.76. The number of hydrogen-bond acceptors (Lipinski definition) is 5. The van der Waals surface area contributed by atoms with Gasteiger partial charge in [-0.15, -0.1) is 0 Å². The zero-order valence-corrected chi connectivity index (χ0v) is 10.4. The van der Waals surface area contributed by atoms with E-state index in [-0.39, 0.29) is 23.9 Å². The lowest BCUT2D eigenvalue weighted by atomic mass is 10.2. The summed E-state index contributed by atoms with van der Waals surface area (Å²) >= 11 is 0. The predicted molar refractivity (Wildman–Crippen MR) is 59.8 cm³/mol. The Hall–Kier alpha value is -1.69. The number of carbonyl (C=O) groups excluding carboxylic acids is 2. The number of Topliss-reactive ketones (excluding diaryl/α,β-unsaturated/α-hetero) is 1. The van der Waals surface area contributed by atoms with Gasteiger partial charge in [0.15, 0.2) is 11.6 Å². The number of carbonyl (C=O) groups is 2. The van der Waals surface area contributed by atoms with Gasteiger partial charge < -0.3 is 9.84 Å². The molecule has 1 aromatic rings. The van der Waals surface area contributed by atoms with Gasteiger partial charge >= 0.3 is 6.09 Å². The molecule has 6 nitrogen and oxygen atoms in total. The van der Waals surface area contributed by atoms with Crippen molar-refractivity contribution in [2.24, 2.45) is 0 Å². The molecule has 1 N–H and O–H groups in total. The van der Waals surface area contributed by atoms with Gasteiger partial charge in [0.2, 0.25) is 0 Å². The van der Waals surface area contributed by atoms with E-state index in [9.17, 15) is 9.59 Å². The molecule has 1 rings (SSSR count). The van der Waals surface area contributed by atoms with Crippen LogP contribution >= 0.6 is 0 Å². The fourth-order valence-electron chi connectivity index (χ4n) is 1.26. The molecule has 0 spiro atoms. The second kappa shape index (κ2) is 4.67. The highest BCUT2D eigenvalue weighted by Gasteiger charge is 2.24. The number of aliphatic hydroxyl groups is 1. The lowest BCUT2D eigenvalue weighted by molar-refractivity contribution is 0.0516. The summed E-state index contributed by atoms with van der Waals surface area (Å²) < 4.78 is 6.13. The fraction of sp³-hybridized carbons (Fsp3) is 0.545. The Labute approximate surface area is 99.2 Å². The van der Waals surface area contributed by atoms with E-state index in [2.05, 4.69) is 4.98 Å². The lowest BCUT2D eigenvalue weighted by Gasteiger charge is -2.20. The molecule has 0 aromatic carbocycles. The minimum atomic E-state index is -0.718. The largest absolute Gasteiger partial charge is 0.443 e. The molecule has 0 aliphatic rings. The maximum Gasteiger partial charge on any atom is 0.420 e. The Bertz CT molecular complexity index is 443. The van der Waals surface area contributed by atoms with Crippen LogP contribution in [0.15, 0.2) is 6.20 Å². The highest BCUT2D eigenvalue weighted by molar-refractivity contribution is 5.94. The highest BCUT2D eigenvalue weighted by atomic mass is 16.6. The van der Waals surface area contributed by atoms with Crippen LogP contribution in [0, 0.1) is 0 Å². The first-order valence-corrected chi connectivity index (χ1v) is 5.18. The maximum absolute atomic E-state index is 11.9. The van der Waals surface area contributed by atoms with Gasteiger partial charge in [-0.3, -0.25) is 4.79 Å². The van der Waals surface area contributed by atoms with Crippen molar-refractivity contribution < 1.29 is 19.4 Å². The van der Waals surface area contributed by atoms with Crippen molar-refractivity contribution in [3.63, 3.8) is 0 Å². The predicted octanol–water partition coefficient (Wildman–Crippen LogP) is 1.36. The third kappa shape index (κ3) is 3.13. The molecule has 0 radical (unpaired) electrons. The van der Waals surface area contributed by atoms with E-state index in [4.69, 9.17) is 9.84 Å². The van der Waals surface area contributed by atoms with Gasteiger partial charge in [0, 0.05) is 6.92 Å². The van der Waals surface area contributed by atoms with E-state index < -0.39 is 11.7 Å². The molecule has 6 heteroatoms. The van der Waals surface area contributed by atoms with Gasteiger partial charge in [-0.25, -0.2) is 14.3 Å². The van der Waals surface area contributed by atoms with Gasteiger partial charge in [-0.1, -0.05) is 0 Å². The molecule has 0 aliphatic carbocycles. The van der Waals surface area contributed by atoms with Gasteiger partial charge in [-0.05, 0) is 20.8 Å². The van der Waals surface area contributed by atoms with Gasteiger partial charge in [0.05, 0.1) is 18.5 Å². The molecular formula is C11H16N2O4. The lowest BCUT2D eigenvalue weighted by Crippen LogP contribution is -2.29. The minimum Gasteiger partial charge on any atom is -0.443 e. The van der Waals surface area contributed by atoms with Crippen molar-refractivity contribution in [2.45, 2.75) is 39.9 Å². The number of rotatable bonds is 2. The first kappa shape index (κ1) is 13.4. The van der Waals surface area contributed by atoms with E-state index in [0.717, 1.165) is 4.57 Å². The Kier molecular flexibility index (Phi) is 3.67. The Morgan fingerprint density at radius 1 is 1.47 bits per heavy atom. The first-order valence-electron chi connectivity index (χ1n) is 5.18. The minimum absolute atomic E-state index is 0.0386. The van der Waals surface area contributed by atoms with E-state index in [0.29, 0.717) is 0 Å². The molecule has 0 bridgehead atoms. The summed E-state index contributed by atoms with van der Waals surface area (Å²) in [4.78, 5) is 26.9. The topological polar surface area (TPSA) is 81.4 Å². The van der Waals surface area contributed by atoms with Crippen LogP contribution in [0.25, 0.3) is 0 Å². The molecule has 0 atom stereocenters. The molecule has 0 unspecified atom stereocenters. The van der Waals surface area contributed by atoms with E-state index in [1.807, 2.05) is 0 Å². The van der Waals surface area contributed by atoms with Crippen LogP contribution in [-0.2, 0) is 11.3 Å². The summed E-state index contributed by atoms with van der Waals surface area (Å²) in [6.45, 7) is 6.06. The van der Waals surface area contributed by atoms with Crippen LogP contribution in [0.1, 0.15) is 44.0 Å². The molecule has 0 aliphatic heterocycles. The molecule has 1 heterocycles. The second-order valence-electron chi connectivity index (χ2n) is 4.60. The summed E-state index contributed by atoms with van der Waals surface area (Å²) in [7, 11) is 0. The summed E-state index contributed by atoms with van der Waals surface area (Å²) in [5, 5.41) is 9.08. The summed E-state index contributed by atoms with van der Waals surface area (Å²) in [6.07, 6.45) is 0.560. The number of aromatic nitrogens is 2. The van der Waals surface area contributed by atoms with Crippen molar-refractivity contribution in [1.29, 1.82) is 0 Å². The molecule has 17 heavy (non-hydrogen) atoms. The number of imidazole rings is 1. The highest BCUT2D eigenvalue weighted by Crippen LogP contribution is 2.13. The summed E-state index contributed by atoms with van der Waals surface area (Å²) in [5.74, 6) is -0.404. The van der Waals surface area contributed by atoms with E-state index in [1.165, 1.54) is 13.1 Å². The van der Waals surface area contributed by atoms with Gasteiger partial charge in [0.25, 0.3) is 0 Å². The Morgan fingerprint density at radius 2 is 2.06 bits per heavy atom. The zero-order valence-electron chi connectivity index (χ0n) is 10.4. The third-order valence-electron chi connectivity index (χ3n) is 1.89. The van der Waals surface area contributed by atoms with Crippen molar-refractivity contribution in [2.75, 3.05) is 0 Å². The number of aliphatic hydroxyl groups excluding tert-OH is 1. The third-order valence-corrected chi connectivity index (χ3v) is 1.89. The van der Waals surface area contributed by atoms with Crippen molar-refractivity contribution in [3.05, 3.63) is 17.7 Å². The fourth-order valence-corrected chi connectivity index (χ4v) is 1.26. The number of ether oxygens (including phenoxy) is 1. The van der Waals surface area contributed by atoms with Crippen LogP contribution in [-0.4, -0.2) is 32.1 Å². The van der Waals surface area contributed by atoms with Crippen LogP contribution in [0.3, 0.4) is 0 Å². The van der Waals surface area contributed by atoms with Crippen LogP contribution in [0.4, 0.5) is 4.79 Å². The summed E-state index contributed by atoms with van der Waals surface area (Å²) in [6, 6.07) is 0. The van der Waals surface area contributed by atoms with Crippen molar-refractivity contribution in [3.8, 4) is 0 Å². The molecule has 94 valence electrons. The normalized spacial score (nSPS) is 11.4. The van der Waals surface area contributed by atoms with E-state index >= 15 is 0 Å². The smallest absolute Gasteiger partial charge is 0.420 e. The average molecular weight is 240 g/mol. The number of ketones is 1. The second-order valence-corrected chi connectivity index (χ2v) is 4.60. The maximum atomic E-state index is 11.9. The standard InChI is InChI=1S/C11H16N2O4/c1-7(15)9-12-5-8(6-14)13(9)10(16)17-11(2,3)4/h5,14H,6H2,1-4H3. The van der Waals surface area contributed by atoms with Crippen LogP contribution in [0.5, 0.6) is 0 Å². The van der Waals surface area contributed by atoms with Gasteiger partial charge in [-0.2, -0.15) is 0 Å². The molecule has 0 fully saturated rings. The molecule has 1 aromatic heterocycles. The van der Waals surface area contributed by atoms with Crippen molar-refractivity contribution >= 4 is 11.9 Å². The molecular weight excluding hydrogens is 224 g/mol. The monoisotopic (exact) mass is 240 g/mol. The number of hydrogen-bond donors (Lipinski definition) is 1. The molecule has 0 amide bonds. The molecule has 0 saturated heterocycles. The SMILES string of the molecule is CC(=O)c1ncc(CO)n1C(=O)OC(C)(C)C. The molecule has 0 saturated carbocycles. The van der Waals surface area contributed by atoms with Crippen molar-refractivity contribution in [1.82, 2.24) is 9.55 Å². The summed E-state index contributed by atoms with van der Waals surface area (Å²) in [5.41, 5.74) is -0.452. The van der Waals surface area contributed by atoms with Gasteiger partial charge in [0.1, 0.15) is 5.60 Å².